The molecule has 2 nitrogen and oxygen atoms in total. The summed E-state index contributed by atoms with van der Waals surface area (Å²) < 4.78 is 0. The minimum absolute atomic E-state index is 0.0804. The van der Waals surface area contributed by atoms with E-state index in [0.29, 0.717) is 5.92 Å². The summed E-state index contributed by atoms with van der Waals surface area (Å²) in [5.74, 6) is 1.74. The molecule has 2 fully saturated rings. The van der Waals surface area contributed by atoms with Crippen LogP contribution in [0.15, 0.2) is 12.2 Å². The van der Waals surface area contributed by atoms with E-state index in [-0.39, 0.29) is 5.92 Å². The molecule has 0 saturated heterocycles. The van der Waals surface area contributed by atoms with Crippen molar-refractivity contribution in [1.29, 1.82) is 0 Å². The summed E-state index contributed by atoms with van der Waals surface area (Å²) in [5, 5.41) is 9.04. The van der Waals surface area contributed by atoms with E-state index in [1.54, 1.807) is 0 Å². The second kappa shape index (κ2) is 9.37. The summed E-state index contributed by atoms with van der Waals surface area (Å²) in [6.45, 7) is 2.28. The number of carboxylic acid groups (broad SMARTS) is 1. The highest BCUT2D eigenvalue weighted by atomic mass is 16.4. The number of hydrogen-bond acceptors (Lipinski definition) is 1. The van der Waals surface area contributed by atoms with Crippen LogP contribution >= 0.6 is 0 Å². The van der Waals surface area contributed by atoms with Crippen LogP contribution in [0.1, 0.15) is 84.0 Å². The maximum Gasteiger partial charge on any atom is 0.306 e. The fourth-order valence-electron chi connectivity index (χ4n) is 4.23. The van der Waals surface area contributed by atoms with Gasteiger partial charge in [-0.15, -0.1) is 0 Å². The van der Waals surface area contributed by atoms with Gasteiger partial charge in [0, 0.05) is 0 Å². The van der Waals surface area contributed by atoms with E-state index in [9.17, 15) is 4.79 Å². The molecule has 0 radical (unpaired) electrons. The highest BCUT2D eigenvalue weighted by Crippen LogP contribution is 2.34. The standard InChI is InChI=1S/C20H34O2/c1-2-3-4-5-16-6-8-17(9-7-16)10-11-18-12-14-19(15-13-18)20(21)22/h10-11,16-19H,2-9,12-15H2,1H3,(H,21,22)/b11-10+/t16-,17-,18-,19-. The van der Waals surface area contributed by atoms with Crippen LogP contribution in [0.3, 0.4) is 0 Å². The van der Waals surface area contributed by atoms with Crippen LogP contribution < -0.4 is 0 Å². The monoisotopic (exact) mass is 306 g/mol. The zero-order valence-corrected chi connectivity index (χ0v) is 14.3. The van der Waals surface area contributed by atoms with E-state index in [4.69, 9.17) is 5.11 Å². The SMILES string of the molecule is CCCCC[C@H]1CC[C@H](/C=C/[C@H]2CC[C@H](C(=O)O)CC2)CC1. The minimum Gasteiger partial charge on any atom is -0.481 e. The van der Waals surface area contributed by atoms with E-state index >= 15 is 0 Å². The average molecular weight is 306 g/mol. The summed E-state index contributed by atoms with van der Waals surface area (Å²) in [7, 11) is 0. The number of rotatable bonds is 7. The van der Waals surface area contributed by atoms with E-state index in [0.717, 1.165) is 37.5 Å². The Balaban J connectivity index is 1.63. The van der Waals surface area contributed by atoms with Crippen molar-refractivity contribution < 1.29 is 9.90 Å². The van der Waals surface area contributed by atoms with Gasteiger partial charge in [0.15, 0.2) is 0 Å². The molecule has 2 aliphatic rings. The molecular formula is C20H34O2. The van der Waals surface area contributed by atoms with Crippen molar-refractivity contribution in [3.8, 4) is 0 Å². The molecule has 2 rings (SSSR count). The first-order valence-electron chi connectivity index (χ1n) is 9.60. The Morgan fingerprint density at radius 2 is 1.45 bits per heavy atom. The Morgan fingerprint density at radius 1 is 0.909 bits per heavy atom. The van der Waals surface area contributed by atoms with Crippen LogP contribution in [0.4, 0.5) is 0 Å². The number of carboxylic acids is 1. The molecule has 126 valence electrons. The van der Waals surface area contributed by atoms with Crippen molar-refractivity contribution in [3.63, 3.8) is 0 Å². The zero-order valence-electron chi connectivity index (χ0n) is 14.3. The summed E-state index contributed by atoms with van der Waals surface area (Å²) in [5.41, 5.74) is 0. The lowest BCUT2D eigenvalue weighted by molar-refractivity contribution is -0.142. The molecule has 0 bridgehead atoms. The van der Waals surface area contributed by atoms with Crippen molar-refractivity contribution in [2.45, 2.75) is 84.0 Å². The van der Waals surface area contributed by atoms with Crippen molar-refractivity contribution in [3.05, 3.63) is 12.2 Å². The molecule has 0 atom stereocenters. The third-order valence-corrected chi connectivity index (χ3v) is 5.88. The largest absolute Gasteiger partial charge is 0.481 e. The fraction of sp³-hybridized carbons (Fsp3) is 0.850. The van der Waals surface area contributed by atoms with Gasteiger partial charge < -0.3 is 5.11 Å². The van der Waals surface area contributed by atoms with Gasteiger partial charge in [-0.05, 0) is 69.1 Å². The van der Waals surface area contributed by atoms with Gasteiger partial charge in [-0.2, -0.15) is 0 Å². The molecule has 0 aromatic carbocycles. The van der Waals surface area contributed by atoms with E-state index in [2.05, 4.69) is 19.1 Å². The van der Waals surface area contributed by atoms with E-state index in [1.807, 2.05) is 0 Å². The predicted molar refractivity (Wildman–Crippen MR) is 91.8 cm³/mol. The number of aliphatic carboxylic acids is 1. The molecule has 0 amide bonds. The van der Waals surface area contributed by atoms with Gasteiger partial charge in [0.25, 0.3) is 0 Å². The predicted octanol–water partition coefficient (Wildman–Crippen LogP) is 5.82. The van der Waals surface area contributed by atoms with Gasteiger partial charge in [0.2, 0.25) is 0 Å². The lowest BCUT2D eigenvalue weighted by Crippen LogP contribution is -2.20. The molecule has 2 heteroatoms. The Kier molecular flexibility index (Phi) is 7.48. The van der Waals surface area contributed by atoms with Crippen LogP contribution in [-0.4, -0.2) is 11.1 Å². The van der Waals surface area contributed by atoms with E-state index < -0.39 is 5.97 Å². The highest BCUT2D eigenvalue weighted by molar-refractivity contribution is 5.70. The quantitative estimate of drug-likeness (QED) is 0.475. The van der Waals surface area contributed by atoms with Gasteiger partial charge in [-0.25, -0.2) is 0 Å². The first-order valence-corrected chi connectivity index (χ1v) is 9.60. The van der Waals surface area contributed by atoms with Crippen molar-refractivity contribution in [2.75, 3.05) is 0 Å². The Labute approximate surface area is 136 Å². The molecule has 0 aromatic heterocycles. The average Bonchev–Trinajstić information content (AvgIpc) is 2.55. The lowest BCUT2D eigenvalue weighted by atomic mass is 9.78. The number of hydrogen-bond donors (Lipinski definition) is 1. The fourth-order valence-corrected chi connectivity index (χ4v) is 4.23. The Morgan fingerprint density at radius 3 is 1.95 bits per heavy atom. The molecule has 2 saturated carbocycles. The first kappa shape index (κ1) is 17.6. The van der Waals surface area contributed by atoms with Gasteiger partial charge in [0.05, 0.1) is 5.92 Å². The molecule has 0 spiro atoms. The molecule has 0 heterocycles. The summed E-state index contributed by atoms with van der Waals surface area (Å²) >= 11 is 0. The number of unbranched alkanes of at least 4 members (excludes halogenated alkanes) is 2. The molecule has 0 aliphatic heterocycles. The molecule has 0 unspecified atom stereocenters. The first-order chi connectivity index (χ1) is 10.7. The third-order valence-electron chi connectivity index (χ3n) is 5.88. The number of allylic oxidation sites excluding steroid dienone is 2. The molecule has 0 aromatic rings. The van der Waals surface area contributed by atoms with Crippen LogP contribution in [-0.2, 0) is 4.79 Å². The second-order valence-corrected chi connectivity index (χ2v) is 7.61. The Hall–Kier alpha value is -0.790. The van der Waals surface area contributed by atoms with Crippen molar-refractivity contribution >= 4 is 5.97 Å². The Bertz CT molecular complexity index is 345. The smallest absolute Gasteiger partial charge is 0.306 e. The zero-order chi connectivity index (χ0) is 15.8. The molecule has 2 aliphatic carbocycles. The van der Waals surface area contributed by atoms with Crippen molar-refractivity contribution in [2.24, 2.45) is 23.7 Å². The van der Waals surface area contributed by atoms with Crippen LogP contribution in [0.2, 0.25) is 0 Å². The van der Waals surface area contributed by atoms with Crippen LogP contribution in [0.5, 0.6) is 0 Å². The summed E-state index contributed by atoms with van der Waals surface area (Å²) in [4.78, 5) is 11.0. The highest BCUT2D eigenvalue weighted by Gasteiger charge is 2.25. The van der Waals surface area contributed by atoms with E-state index in [1.165, 1.54) is 51.4 Å². The summed E-state index contributed by atoms with van der Waals surface area (Å²) in [6.07, 6.45) is 20.0. The maximum absolute atomic E-state index is 11.0. The maximum atomic E-state index is 11.0. The summed E-state index contributed by atoms with van der Waals surface area (Å²) in [6, 6.07) is 0. The van der Waals surface area contributed by atoms with Crippen LogP contribution in [0.25, 0.3) is 0 Å². The van der Waals surface area contributed by atoms with Gasteiger partial charge in [0.1, 0.15) is 0 Å². The minimum atomic E-state index is -0.594. The molecule has 22 heavy (non-hydrogen) atoms. The molecular weight excluding hydrogens is 272 g/mol. The third kappa shape index (κ3) is 5.78. The van der Waals surface area contributed by atoms with Gasteiger partial charge in [-0.1, -0.05) is 44.8 Å². The van der Waals surface area contributed by atoms with Crippen molar-refractivity contribution in [1.82, 2.24) is 0 Å². The van der Waals surface area contributed by atoms with Gasteiger partial charge in [-0.3, -0.25) is 4.79 Å². The van der Waals surface area contributed by atoms with Gasteiger partial charge >= 0.3 is 5.97 Å². The molecule has 1 N–H and O–H groups in total. The topological polar surface area (TPSA) is 37.3 Å². The lowest BCUT2D eigenvalue weighted by Gasteiger charge is -2.28. The van der Waals surface area contributed by atoms with Crippen LogP contribution in [0, 0.1) is 23.7 Å². The normalized spacial score (nSPS) is 33.1. The second-order valence-electron chi connectivity index (χ2n) is 7.61. The number of carbonyl (C=O) groups is 1.